The van der Waals surface area contributed by atoms with Gasteiger partial charge in [0.15, 0.2) is 0 Å². The largest absolute Gasteiger partial charge is 0.309 e. The summed E-state index contributed by atoms with van der Waals surface area (Å²) in [6.07, 6.45) is 0. The molecule has 9 aromatic carbocycles. The van der Waals surface area contributed by atoms with Gasteiger partial charge in [0.05, 0.1) is 22.4 Å². The smallest absolute Gasteiger partial charge is 0.0546 e. The van der Waals surface area contributed by atoms with Crippen LogP contribution in [0.15, 0.2) is 218 Å². The number of rotatable bonds is 7. The molecule has 0 aliphatic heterocycles. The van der Waals surface area contributed by atoms with E-state index in [4.69, 9.17) is 0 Å². The first kappa shape index (κ1) is 34.8. The van der Waals surface area contributed by atoms with E-state index in [-0.39, 0.29) is 5.41 Å². The summed E-state index contributed by atoms with van der Waals surface area (Å²) in [5.41, 5.74) is 19.3. The summed E-state index contributed by atoms with van der Waals surface area (Å²) in [4.78, 5) is 2.48. The van der Waals surface area contributed by atoms with Crippen LogP contribution < -0.4 is 4.90 Å². The fourth-order valence-corrected chi connectivity index (χ4v) is 9.82. The number of hydrogen-bond acceptors (Lipinski definition) is 1. The fourth-order valence-electron chi connectivity index (χ4n) is 9.82. The Morgan fingerprint density at radius 2 is 0.864 bits per heavy atom. The average molecular weight is 755 g/mol. The van der Waals surface area contributed by atoms with Crippen molar-refractivity contribution in [1.29, 1.82) is 0 Å². The second-order valence-electron chi connectivity index (χ2n) is 16.1. The number of hydrogen-bond donors (Lipinski definition) is 0. The minimum absolute atomic E-state index is 0.172. The number of anilines is 3. The summed E-state index contributed by atoms with van der Waals surface area (Å²) in [5.74, 6) is 0. The molecule has 0 saturated heterocycles. The third-order valence-corrected chi connectivity index (χ3v) is 12.4. The Morgan fingerprint density at radius 1 is 0.373 bits per heavy atom. The van der Waals surface area contributed by atoms with Gasteiger partial charge in [-0.1, -0.05) is 184 Å². The van der Waals surface area contributed by atoms with Crippen molar-refractivity contribution in [1.82, 2.24) is 4.57 Å². The summed E-state index contributed by atoms with van der Waals surface area (Å²) in [6, 6.07) is 79.8. The molecule has 0 fully saturated rings. The molecule has 1 aliphatic carbocycles. The van der Waals surface area contributed by atoms with Gasteiger partial charge in [-0.15, -0.1) is 0 Å². The molecule has 280 valence electrons. The van der Waals surface area contributed by atoms with Crippen molar-refractivity contribution in [3.05, 3.63) is 230 Å². The van der Waals surface area contributed by atoms with Crippen molar-refractivity contribution in [2.75, 3.05) is 4.90 Å². The maximum atomic E-state index is 2.48. The second kappa shape index (κ2) is 13.9. The summed E-state index contributed by atoms with van der Waals surface area (Å²) >= 11 is 0. The van der Waals surface area contributed by atoms with Crippen LogP contribution in [-0.4, -0.2) is 4.57 Å². The zero-order valence-electron chi connectivity index (χ0n) is 33.2. The van der Waals surface area contributed by atoms with E-state index in [0.717, 1.165) is 22.7 Å². The van der Waals surface area contributed by atoms with Gasteiger partial charge in [0.2, 0.25) is 0 Å². The molecule has 0 amide bonds. The van der Waals surface area contributed by atoms with Crippen LogP contribution in [0.3, 0.4) is 0 Å². The van der Waals surface area contributed by atoms with Crippen LogP contribution in [0.1, 0.15) is 25.0 Å². The Balaban J connectivity index is 1.17. The molecule has 0 bridgehead atoms. The lowest BCUT2D eigenvalue weighted by Crippen LogP contribution is -2.17. The normalized spacial score (nSPS) is 12.7. The van der Waals surface area contributed by atoms with Gasteiger partial charge in [0, 0.05) is 38.7 Å². The molecule has 2 nitrogen and oxygen atoms in total. The van der Waals surface area contributed by atoms with Crippen LogP contribution in [-0.2, 0) is 5.41 Å². The van der Waals surface area contributed by atoms with Gasteiger partial charge in [-0.3, -0.25) is 0 Å². The molecule has 59 heavy (non-hydrogen) atoms. The van der Waals surface area contributed by atoms with Crippen molar-refractivity contribution >= 4 is 38.9 Å². The lowest BCUT2D eigenvalue weighted by atomic mass is 9.77. The minimum atomic E-state index is -0.172. The van der Waals surface area contributed by atoms with Crippen molar-refractivity contribution in [2.45, 2.75) is 19.3 Å². The number of benzene rings is 9. The summed E-state index contributed by atoms with van der Waals surface area (Å²) in [5, 5.41) is 2.52. The maximum Gasteiger partial charge on any atom is 0.0546 e. The van der Waals surface area contributed by atoms with Crippen LogP contribution in [0.4, 0.5) is 17.1 Å². The molecule has 10 aromatic rings. The first-order valence-corrected chi connectivity index (χ1v) is 20.5. The molecule has 0 atom stereocenters. The Morgan fingerprint density at radius 3 is 1.56 bits per heavy atom. The molecule has 0 radical (unpaired) electrons. The van der Waals surface area contributed by atoms with Crippen molar-refractivity contribution in [3.8, 4) is 50.2 Å². The van der Waals surface area contributed by atoms with E-state index in [1.807, 2.05) is 0 Å². The van der Waals surface area contributed by atoms with Crippen LogP contribution in [0.2, 0.25) is 0 Å². The molecule has 0 saturated carbocycles. The lowest BCUT2D eigenvalue weighted by Gasteiger charge is -2.32. The van der Waals surface area contributed by atoms with E-state index < -0.39 is 0 Å². The molecule has 11 rings (SSSR count). The quantitative estimate of drug-likeness (QED) is 0.157. The average Bonchev–Trinajstić information content (AvgIpc) is 3.76. The highest BCUT2D eigenvalue weighted by atomic mass is 15.1. The number of fused-ring (bicyclic) bond motifs is 6. The number of aromatic nitrogens is 1. The topological polar surface area (TPSA) is 8.17 Å². The molecule has 2 heteroatoms. The highest BCUT2D eigenvalue weighted by Gasteiger charge is 2.38. The van der Waals surface area contributed by atoms with E-state index in [1.165, 1.54) is 77.4 Å². The molecule has 1 heterocycles. The predicted octanol–water partition coefficient (Wildman–Crippen LogP) is 15.6. The molecular weight excluding hydrogens is 713 g/mol. The van der Waals surface area contributed by atoms with E-state index in [1.54, 1.807) is 0 Å². The number of nitrogens with zero attached hydrogens (tertiary/aromatic N) is 2. The zero-order valence-corrected chi connectivity index (χ0v) is 33.2. The van der Waals surface area contributed by atoms with E-state index in [0.29, 0.717) is 0 Å². The van der Waals surface area contributed by atoms with E-state index in [9.17, 15) is 0 Å². The predicted molar refractivity (Wildman–Crippen MR) is 249 cm³/mol. The molecule has 0 unspecified atom stereocenters. The van der Waals surface area contributed by atoms with E-state index in [2.05, 4.69) is 242 Å². The monoisotopic (exact) mass is 754 g/mol. The molecule has 0 spiro atoms. The van der Waals surface area contributed by atoms with E-state index >= 15 is 0 Å². The van der Waals surface area contributed by atoms with Crippen molar-refractivity contribution < 1.29 is 0 Å². The van der Waals surface area contributed by atoms with Crippen LogP contribution in [0.5, 0.6) is 0 Å². The Bertz CT molecular complexity index is 3120. The zero-order chi connectivity index (χ0) is 39.5. The van der Waals surface area contributed by atoms with Crippen LogP contribution >= 0.6 is 0 Å². The third kappa shape index (κ3) is 5.56. The SMILES string of the molecule is CC1(C)c2ccccc2-c2cccc(-c3cccc(N(c4ccc(-n5c6ccccc6c6ccccc65)cc4)c4ccccc4-c4ccccc4)c3-c3ccccc3)c21. The Kier molecular flexibility index (Phi) is 8.20. The van der Waals surface area contributed by atoms with Gasteiger partial charge in [0.25, 0.3) is 0 Å². The lowest BCUT2D eigenvalue weighted by molar-refractivity contribution is 0.662. The van der Waals surface area contributed by atoms with Gasteiger partial charge < -0.3 is 9.47 Å². The Labute approximate surface area is 345 Å². The highest BCUT2D eigenvalue weighted by molar-refractivity contribution is 6.09. The minimum Gasteiger partial charge on any atom is -0.309 e. The molecule has 0 N–H and O–H groups in total. The molecule has 1 aliphatic rings. The van der Waals surface area contributed by atoms with Crippen LogP contribution in [0.25, 0.3) is 72.0 Å². The standard InChI is InChI=1S/C57H42N2/c1-57(2)50-30-13-9-24-44(50)48-28-17-29-49(56(48)57)47-27-18-34-54(55(47)40-21-7-4-8-22-40)59(51-31-14-10-23-43(51)39-19-5-3-6-20-39)42-37-35-41(36-38-42)58-52-32-15-11-25-45(52)46-26-12-16-33-53(46)58/h3-38H,1-2H3. The second-order valence-corrected chi connectivity index (χ2v) is 16.1. The maximum absolute atomic E-state index is 2.48. The molecule has 1 aromatic heterocycles. The molecular formula is C57H42N2. The first-order chi connectivity index (χ1) is 29.1. The first-order valence-electron chi connectivity index (χ1n) is 20.5. The van der Waals surface area contributed by atoms with Gasteiger partial charge >= 0.3 is 0 Å². The summed E-state index contributed by atoms with van der Waals surface area (Å²) in [7, 11) is 0. The summed E-state index contributed by atoms with van der Waals surface area (Å²) in [6.45, 7) is 4.77. The van der Waals surface area contributed by atoms with Gasteiger partial charge in [-0.05, 0) is 93.0 Å². The summed E-state index contributed by atoms with van der Waals surface area (Å²) < 4.78 is 2.39. The van der Waals surface area contributed by atoms with Gasteiger partial charge in [-0.25, -0.2) is 0 Å². The van der Waals surface area contributed by atoms with Crippen molar-refractivity contribution in [3.63, 3.8) is 0 Å². The van der Waals surface area contributed by atoms with Gasteiger partial charge in [0.1, 0.15) is 0 Å². The van der Waals surface area contributed by atoms with Crippen molar-refractivity contribution in [2.24, 2.45) is 0 Å². The number of para-hydroxylation sites is 3. The highest BCUT2D eigenvalue weighted by Crippen LogP contribution is 2.55. The Hall–Kier alpha value is -7.42. The fraction of sp³-hybridized carbons (Fsp3) is 0.0526. The van der Waals surface area contributed by atoms with Crippen LogP contribution in [0, 0.1) is 0 Å². The third-order valence-electron chi connectivity index (χ3n) is 12.4. The van der Waals surface area contributed by atoms with Gasteiger partial charge in [-0.2, -0.15) is 0 Å².